The number of benzene rings is 1. The lowest BCUT2D eigenvalue weighted by Crippen LogP contribution is -2.51. The van der Waals surface area contributed by atoms with E-state index < -0.39 is 16.1 Å². The number of para-hydroxylation sites is 1. The standard InChI is InChI=1S/C17H26N2O3S/c1-3-16(17(20)18-14-10-6-4-7-11-14)19(23(2,21)22)15-12-8-5-9-13-15/h5,8-9,12-14,16H,3-4,6-7,10-11H2,1-2H3,(H,18,20)/t16-/m0/s1. The van der Waals surface area contributed by atoms with Gasteiger partial charge < -0.3 is 5.32 Å². The first kappa shape index (κ1) is 17.8. The van der Waals surface area contributed by atoms with Crippen molar-refractivity contribution in [3.8, 4) is 0 Å². The molecular weight excluding hydrogens is 312 g/mol. The third kappa shape index (κ3) is 4.70. The van der Waals surface area contributed by atoms with E-state index in [1.165, 1.54) is 10.7 Å². The van der Waals surface area contributed by atoms with Gasteiger partial charge in [0.2, 0.25) is 15.9 Å². The molecule has 1 aliphatic carbocycles. The largest absolute Gasteiger partial charge is 0.352 e. The molecular formula is C17H26N2O3S. The Morgan fingerprint density at radius 3 is 2.35 bits per heavy atom. The van der Waals surface area contributed by atoms with E-state index in [4.69, 9.17) is 0 Å². The van der Waals surface area contributed by atoms with Crippen LogP contribution in [-0.2, 0) is 14.8 Å². The van der Waals surface area contributed by atoms with Crippen LogP contribution in [0.5, 0.6) is 0 Å². The summed E-state index contributed by atoms with van der Waals surface area (Å²) >= 11 is 0. The molecule has 1 saturated carbocycles. The monoisotopic (exact) mass is 338 g/mol. The number of carbonyl (C=O) groups excluding carboxylic acids is 1. The summed E-state index contributed by atoms with van der Waals surface area (Å²) in [5.41, 5.74) is 0.528. The van der Waals surface area contributed by atoms with E-state index in [9.17, 15) is 13.2 Å². The number of sulfonamides is 1. The molecule has 1 aliphatic rings. The third-order valence-corrected chi connectivity index (χ3v) is 5.47. The summed E-state index contributed by atoms with van der Waals surface area (Å²) < 4.78 is 25.8. The molecule has 0 aliphatic heterocycles. The van der Waals surface area contributed by atoms with Crippen LogP contribution in [0.15, 0.2) is 30.3 Å². The zero-order valence-electron chi connectivity index (χ0n) is 13.9. The quantitative estimate of drug-likeness (QED) is 0.867. The topological polar surface area (TPSA) is 66.5 Å². The molecule has 0 radical (unpaired) electrons. The molecule has 1 aromatic carbocycles. The van der Waals surface area contributed by atoms with Crippen LogP contribution < -0.4 is 9.62 Å². The molecule has 1 amide bonds. The van der Waals surface area contributed by atoms with E-state index in [2.05, 4.69) is 5.32 Å². The number of hydrogen-bond donors (Lipinski definition) is 1. The molecule has 0 bridgehead atoms. The fourth-order valence-electron chi connectivity index (χ4n) is 3.18. The van der Waals surface area contributed by atoms with Crippen LogP contribution in [0.1, 0.15) is 45.4 Å². The first-order valence-corrected chi connectivity index (χ1v) is 10.1. The summed E-state index contributed by atoms with van der Waals surface area (Å²) in [5, 5.41) is 3.05. The van der Waals surface area contributed by atoms with Gasteiger partial charge in [-0.1, -0.05) is 44.4 Å². The van der Waals surface area contributed by atoms with Crippen molar-refractivity contribution in [1.82, 2.24) is 5.32 Å². The SMILES string of the molecule is CC[C@@H](C(=O)NC1CCCCC1)N(c1ccccc1)S(C)(=O)=O. The molecule has 1 atom stereocenters. The van der Waals surface area contributed by atoms with Crippen LogP contribution in [0, 0.1) is 0 Å². The highest BCUT2D eigenvalue weighted by Gasteiger charge is 2.32. The number of anilines is 1. The lowest BCUT2D eigenvalue weighted by molar-refractivity contribution is -0.123. The molecule has 0 spiro atoms. The number of nitrogens with one attached hydrogen (secondary N) is 1. The van der Waals surface area contributed by atoms with Gasteiger partial charge in [0.1, 0.15) is 6.04 Å². The molecule has 1 N–H and O–H groups in total. The van der Waals surface area contributed by atoms with Gasteiger partial charge >= 0.3 is 0 Å². The van der Waals surface area contributed by atoms with E-state index in [0.717, 1.165) is 31.9 Å². The lowest BCUT2D eigenvalue weighted by atomic mass is 9.95. The van der Waals surface area contributed by atoms with Crippen molar-refractivity contribution in [1.29, 1.82) is 0 Å². The molecule has 128 valence electrons. The van der Waals surface area contributed by atoms with Crippen LogP contribution in [0.3, 0.4) is 0 Å². The van der Waals surface area contributed by atoms with Crippen molar-refractivity contribution in [2.24, 2.45) is 0 Å². The Labute approximate surface area is 139 Å². The zero-order valence-corrected chi connectivity index (χ0v) is 14.7. The average molecular weight is 338 g/mol. The summed E-state index contributed by atoms with van der Waals surface area (Å²) in [6.07, 6.45) is 6.99. The summed E-state index contributed by atoms with van der Waals surface area (Å²) in [6, 6.07) is 8.28. The van der Waals surface area contributed by atoms with Crippen molar-refractivity contribution < 1.29 is 13.2 Å². The predicted molar refractivity (Wildman–Crippen MR) is 92.9 cm³/mol. The molecule has 1 aromatic rings. The predicted octanol–water partition coefficient (Wildman–Crippen LogP) is 2.68. The number of carbonyl (C=O) groups is 1. The van der Waals surface area contributed by atoms with Crippen molar-refractivity contribution in [2.45, 2.75) is 57.5 Å². The summed E-state index contributed by atoms with van der Waals surface area (Å²) in [6.45, 7) is 1.84. The van der Waals surface area contributed by atoms with Crippen LogP contribution in [-0.4, -0.2) is 32.7 Å². The maximum Gasteiger partial charge on any atom is 0.244 e. The van der Waals surface area contributed by atoms with E-state index in [1.54, 1.807) is 24.3 Å². The van der Waals surface area contributed by atoms with E-state index >= 15 is 0 Å². The van der Waals surface area contributed by atoms with Crippen LogP contribution >= 0.6 is 0 Å². The van der Waals surface area contributed by atoms with Gasteiger partial charge in [0, 0.05) is 6.04 Å². The Bertz CT molecular complexity index is 610. The zero-order chi connectivity index (χ0) is 16.9. The lowest BCUT2D eigenvalue weighted by Gasteiger charge is -2.32. The van der Waals surface area contributed by atoms with E-state index in [1.807, 2.05) is 13.0 Å². The highest BCUT2D eigenvalue weighted by molar-refractivity contribution is 7.92. The normalized spacial score (nSPS) is 17.5. The second-order valence-corrected chi connectivity index (χ2v) is 8.02. The molecule has 0 saturated heterocycles. The van der Waals surface area contributed by atoms with Gasteiger partial charge in [-0.05, 0) is 31.4 Å². The van der Waals surface area contributed by atoms with Gasteiger partial charge in [-0.3, -0.25) is 9.10 Å². The minimum Gasteiger partial charge on any atom is -0.352 e. The van der Waals surface area contributed by atoms with Crippen LogP contribution in [0.4, 0.5) is 5.69 Å². The number of nitrogens with zero attached hydrogens (tertiary/aromatic N) is 1. The Kier molecular flexibility index (Phi) is 6.04. The molecule has 1 fully saturated rings. The van der Waals surface area contributed by atoms with Crippen molar-refractivity contribution in [3.63, 3.8) is 0 Å². The number of rotatable bonds is 6. The minimum atomic E-state index is -3.54. The second kappa shape index (κ2) is 7.81. The molecule has 23 heavy (non-hydrogen) atoms. The molecule has 5 nitrogen and oxygen atoms in total. The van der Waals surface area contributed by atoms with Crippen LogP contribution in [0.2, 0.25) is 0 Å². The van der Waals surface area contributed by atoms with Gasteiger partial charge in [-0.25, -0.2) is 8.42 Å². The van der Waals surface area contributed by atoms with Gasteiger partial charge in [-0.2, -0.15) is 0 Å². The van der Waals surface area contributed by atoms with Gasteiger partial charge in [0.05, 0.1) is 11.9 Å². The maximum atomic E-state index is 12.7. The first-order valence-electron chi connectivity index (χ1n) is 8.28. The van der Waals surface area contributed by atoms with Gasteiger partial charge in [-0.15, -0.1) is 0 Å². The van der Waals surface area contributed by atoms with Crippen molar-refractivity contribution >= 4 is 21.6 Å². The highest BCUT2D eigenvalue weighted by atomic mass is 32.2. The van der Waals surface area contributed by atoms with Gasteiger partial charge in [0.15, 0.2) is 0 Å². The Morgan fingerprint density at radius 2 is 1.83 bits per heavy atom. The summed E-state index contributed by atoms with van der Waals surface area (Å²) in [5.74, 6) is -0.200. The van der Waals surface area contributed by atoms with Crippen molar-refractivity contribution in [2.75, 3.05) is 10.6 Å². The maximum absolute atomic E-state index is 12.7. The second-order valence-electron chi connectivity index (χ2n) is 6.16. The highest BCUT2D eigenvalue weighted by Crippen LogP contribution is 2.23. The van der Waals surface area contributed by atoms with Gasteiger partial charge in [0.25, 0.3) is 0 Å². The number of amides is 1. The third-order valence-electron chi connectivity index (χ3n) is 4.29. The molecule has 2 rings (SSSR count). The van der Waals surface area contributed by atoms with Crippen LogP contribution in [0.25, 0.3) is 0 Å². The summed E-state index contributed by atoms with van der Waals surface area (Å²) in [4.78, 5) is 12.7. The average Bonchev–Trinajstić information content (AvgIpc) is 2.53. The Balaban J connectivity index is 2.22. The first-order chi connectivity index (χ1) is 10.9. The van der Waals surface area contributed by atoms with Crippen molar-refractivity contribution in [3.05, 3.63) is 30.3 Å². The fraction of sp³-hybridized carbons (Fsp3) is 0.588. The van der Waals surface area contributed by atoms with E-state index in [-0.39, 0.29) is 11.9 Å². The fourth-order valence-corrected chi connectivity index (χ4v) is 4.39. The summed E-state index contributed by atoms with van der Waals surface area (Å²) in [7, 11) is -3.54. The molecule has 6 heteroatoms. The Morgan fingerprint density at radius 1 is 1.22 bits per heavy atom. The molecule has 0 heterocycles. The van der Waals surface area contributed by atoms with E-state index in [0.29, 0.717) is 12.1 Å². The smallest absolute Gasteiger partial charge is 0.244 e. The number of hydrogen-bond acceptors (Lipinski definition) is 3. The molecule has 0 aromatic heterocycles. The minimum absolute atomic E-state index is 0.169. The molecule has 0 unspecified atom stereocenters. The Hall–Kier alpha value is -1.56.